The van der Waals surface area contributed by atoms with E-state index >= 15 is 0 Å². The molecule has 0 saturated carbocycles. The Morgan fingerprint density at radius 3 is 2.38 bits per heavy atom. The van der Waals surface area contributed by atoms with Gasteiger partial charge in [0.05, 0.1) is 12.3 Å². The average Bonchev–Trinajstić information content (AvgIpc) is 2.89. The van der Waals surface area contributed by atoms with Crippen molar-refractivity contribution in [1.29, 1.82) is 0 Å². The van der Waals surface area contributed by atoms with Crippen molar-refractivity contribution in [3.63, 3.8) is 0 Å². The zero-order valence-electron chi connectivity index (χ0n) is 15.8. The van der Waals surface area contributed by atoms with E-state index in [9.17, 15) is 13.9 Å². The van der Waals surface area contributed by atoms with Gasteiger partial charge < -0.3 is 9.67 Å². The molecule has 144 valence electrons. The maximum atomic E-state index is 13.6. The largest absolute Gasteiger partial charge is 0.396 e. The molecule has 2 rings (SSSR count). The van der Waals surface area contributed by atoms with Crippen LogP contribution >= 0.6 is 11.8 Å². The number of unbranched alkanes of at least 4 members (excludes halogenated alkanes) is 3. The van der Waals surface area contributed by atoms with Gasteiger partial charge in [0, 0.05) is 23.9 Å². The van der Waals surface area contributed by atoms with Crippen molar-refractivity contribution in [3.05, 3.63) is 41.4 Å². The van der Waals surface area contributed by atoms with Crippen LogP contribution < -0.4 is 0 Å². The van der Waals surface area contributed by atoms with Gasteiger partial charge in [-0.25, -0.2) is 13.8 Å². The van der Waals surface area contributed by atoms with Crippen LogP contribution in [0.25, 0.3) is 0 Å². The normalized spacial score (nSPS) is 11.5. The summed E-state index contributed by atoms with van der Waals surface area (Å²) in [6.07, 6.45) is 4.97. The summed E-state index contributed by atoms with van der Waals surface area (Å²) in [6.45, 7) is 7.12. The van der Waals surface area contributed by atoms with Crippen molar-refractivity contribution in [1.82, 2.24) is 9.55 Å². The molecule has 0 radical (unpaired) electrons. The van der Waals surface area contributed by atoms with Crippen molar-refractivity contribution in [2.45, 2.75) is 75.3 Å². The highest BCUT2D eigenvalue weighted by atomic mass is 32.2. The predicted molar refractivity (Wildman–Crippen MR) is 102 cm³/mol. The lowest BCUT2D eigenvalue weighted by atomic mass is 10.1. The van der Waals surface area contributed by atoms with Crippen molar-refractivity contribution in [2.24, 2.45) is 0 Å². The van der Waals surface area contributed by atoms with Crippen LogP contribution in [0.3, 0.4) is 0 Å². The summed E-state index contributed by atoms with van der Waals surface area (Å²) in [4.78, 5) is 5.26. The molecule has 0 unspecified atom stereocenters. The van der Waals surface area contributed by atoms with Gasteiger partial charge in [0.2, 0.25) is 0 Å². The lowest BCUT2D eigenvalue weighted by Crippen LogP contribution is -2.07. The number of benzene rings is 1. The van der Waals surface area contributed by atoms with Crippen molar-refractivity contribution in [2.75, 3.05) is 6.61 Å². The van der Waals surface area contributed by atoms with E-state index in [0.29, 0.717) is 11.3 Å². The van der Waals surface area contributed by atoms with Gasteiger partial charge in [-0.1, -0.05) is 51.8 Å². The molecule has 0 aliphatic rings. The van der Waals surface area contributed by atoms with Crippen LogP contribution in [0.15, 0.2) is 28.1 Å². The van der Waals surface area contributed by atoms with Gasteiger partial charge in [0.1, 0.15) is 22.5 Å². The highest BCUT2D eigenvalue weighted by Crippen LogP contribution is 2.36. The topological polar surface area (TPSA) is 38.0 Å². The number of halogens is 2. The Hall–Kier alpha value is -1.40. The average molecular weight is 383 g/mol. The standard InChI is InChI=1S/C20H28F2N2OS/c1-4-5-6-7-9-24-18(8-10-25)23-19(14(2)3)20(24)26-17-12-15(21)11-16(22)13-17/h11-14,25H,4-10H2,1-3H3. The molecule has 1 N–H and O–H groups in total. The van der Waals surface area contributed by atoms with Gasteiger partial charge >= 0.3 is 0 Å². The third-order valence-electron chi connectivity index (χ3n) is 4.19. The van der Waals surface area contributed by atoms with Gasteiger partial charge in [0.25, 0.3) is 0 Å². The zero-order valence-corrected chi connectivity index (χ0v) is 16.6. The monoisotopic (exact) mass is 382 g/mol. The first kappa shape index (κ1) is 20.9. The Balaban J connectivity index is 2.38. The molecule has 1 aromatic carbocycles. The van der Waals surface area contributed by atoms with E-state index < -0.39 is 11.6 Å². The van der Waals surface area contributed by atoms with Gasteiger partial charge in [-0.05, 0) is 24.5 Å². The fourth-order valence-corrected chi connectivity index (χ4v) is 4.16. The van der Waals surface area contributed by atoms with Crippen molar-refractivity contribution < 1.29 is 13.9 Å². The predicted octanol–water partition coefficient (Wildman–Crippen LogP) is 5.55. The number of aromatic nitrogens is 2. The molecule has 6 heteroatoms. The molecule has 0 atom stereocenters. The molecular weight excluding hydrogens is 354 g/mol. The number of imidazole rings is 1. The number of hydrogen-bond acceptors (Lipinski definition) is 3. The second kappa shape index (κ2) is 10.1. The Morgan fingerprint density at radius 1 is 1.12 bits per heavy atom. The Kier molecular flexibility index (Phi) is 8.10. The van der Waals surface area contributed by atoms with E-state index in [4.69, 9.17) is 4.98 Å². The fourth-order valence-electron chi connectivity index (χ4n) is 2.90. The number of hydrogen-bond donors (Lipinski definition) is 1. The van der Waals surface area contributed by atoms with E-state index in [1.165, 1.54) is 30.3 Å². The number of rotatable bonds is 10. The maximum Gasteiger partial charge on any atom is 0.127 e. The lowest BCUT2D eigenvalue weighted by molar-refractivity contribution is 0.293. The van der Waals surface area contributed by atoms with Gasteiger partial charge in [-0.15, -0.1) is 0 Å². The van der Waals surface area contributed by atoms with Crippen LogP contribution in [0.2, 0.25) is 0 Å². The first-order valence-corrected chi connectivity index (χ1v) is 10.1. The minimum absolute atomic E-state index is 0.0300. The van der Waals surface area contributed by atoms with E-state index in [1.807, 2.05) is 0 Å². The summed E-state index contributed by atoms with van der Waals surface area (Å²) in [7, 11) is 0. The summed E-state index contributed by atoms with van der Waals surface area (Å²) in [5.41, 5.74) is 0.915. The summed E-state index contributed by atoms with van der Waals surface area (Å²) in [6, 6.07) is 3.57. The van der Waals surface area contributed by atoms with Crippen LogP contribution in [0.4, 0.5) is 8.78 Å². The molecule has 0 bridgehead atoms. The molecule has 0 amide bonds. The molecule has 0 aliphatic carbocycles. The van der Waals surface area contributed by atoms with Crippen LogP contribution in [-0.4, -0.2) is 21.3 Å². The Bertz CT molecular complexity index is 696. The minimum atomic E-state index is -0.580. The van der Waals surface area contributed by atoms with Crippen LogP contribution in [-0.2, 0) is 13.0 Å². The number of nitrogens with zero attached hydrogens (tertiary/aromatic N) is 2. The van der Waals surface area contributed by atoms with Crippen LogP contribution in [0.1, 0.15) is 63.9 Å². The van der Waals surface area contributed by atoms with E-state index in [2.05, 4.69) is 25.3 Å². The van der Waals surface area contributed by atoms with Crippen LogP contribution in [0, 0.1) is 11.6 Å². The second-order valence-electron chi connectivity index (χ2n) is 6.77. The highest BCUT2D eigenvalue weighted by molar-refractivity contribution is 7.99. The molecule has 1 aromatic heterocycles. The molecule has 2 aromatic rings. The summed E-state index contributed by atoms with van der Waals surface area (Å²) >= 11 is 1.35. The smallest absolute Gasteiger partial charge is 0.127 e. The molecule has 0 fully saturated rings. The third-order valence-corrected chi connectivity index (χ3v) is 5.29. The number of aliphatic hydroxyl groups excluding tert-OH is 1. The van der Waals surface area contributed by atoms with Crippen molar-refractivity contribution >= 4 is 11.8 Å². The SMILES string of the molecule is CCCCCCn1c(CCO)nc(C(C)C)c1Sc1cc(F)cc(F)c1. The van der Waals surface area contributed by atoms with E-state index in [1.54, 1.807) is 0 Å². The Labute approximate surface area is 158 Å². The molecule has 3 nitrogen and oxygen atoms in total. The minimum Gasteiger partial charge on any atom is -0.396 e. The summed E-state index contributed by atoms with van der Waals surface area (Å²) in [5.74, 6) is -0.135. The van der Waals surface area contributed by atoms with Crippen LogP contribution in [0.5, 0.6) is 0 Å². The summed E-state index contributed by atoms with van der Waals surface area (Å²) < 4.78 is 29.3. The molecule has 0 aliphatic heterocycles. The second-order valence-corrected chi connectivity index (χ2v) is 7.83. The van der Waals surface area contributed by atoms with Gasteiger partial charge in [-0.2, -0.15) is 0 Å². The highest BCUT2D eigenvalue weighted by Gasteiger charge is 2.20. The molecular formula is C20H28F2N2OS. The van der Waals surface area contributed by atoms with E-state index in [-0.39, 0.29) is 12.5 Å². The zero-order chi connectivity index (χ0) is 19.1. The quantitative estimate of drug-likeness (QED) is 0.547. The molecule has 0 spiro atoms. The third kappa shape index (κ3) is 5.55. The fraction of sp³-hybridized carbons (Fsp3) is 0.550. The molecule has 1 heterocycles. The molecule has 26 heavy (non-hydrogen) atoms. The van der Waals surface area contributed by atoms with Gasteiger partial charge in [0.15, 0.2) is 0 Å². The van der Waals surface area contributed by atoms with Gasteiger partial charge in [-0.3, -0.25) is 0 Å². The maximum absolute atomic E-state index is 13.6. The Morgan fingerprint density at radius 2 is 1.81 bits per heavy atom. The lowest BCUT2D eigenvalue weighted by Gasteiger charge is -2.13. The first-order chi connectivity index (χ1) is 12.5. The van der Waals surface area contributed by atoms with Crippen molar-refractivity contribution in [3.8, 4) is 0 Å². The van der Waals surface area contributed by atoms with E-state index in [0.717, 1.165) is 48.4 Å². The number of aliphatic hydroxyl groups is 1. The summed E-state index contributed by atoms with van der Waals surface area (Å²) in [5, 5.41) is 10.3. The molecule has 0 saturated heterocycles. The first-order valence-electron chi connectivity index (χ1n) is 9.30.